The number of rotatable bonds is 1. The Kier molecular flexibility index (Phi) is 3.36. The van der Waals surface area contributed by atoms with Gasteiger partial charge in [0, 0.05) is 7.05 Å². The van der Waals surface area contributed by atoms with Crippen LogP contribution < -0.4 is 0 Å². The molecule has 0 spiro atoms. The van der Waals surface area contributed by atoms with Crippen molar-refractivity contribution in [2.45, 2.75) is 11.2 Å². The fourth-order valence-electron chi connectivity index (χ4n) is 2.12. The fourth-order valence-corrected chi connectivity index (χ4v) is 3.01. The monoisotopic (exact) mass is 265 g/mol. The van der Waals surface area contributed by atoms with Crippen molar-refractivity contribution in [1.82, 2.24) is 0 Å². The highest BCUT2D eigenvalue weighted by Gasteiger charge is 2.42. The summed E-state index contributed by atoms with van der Waals surface area (Å²) in [5.41, 5.74) is 0.654. The molecule has 96 valence electrons. The molecule has 2 aliphatic carbocycles. The van der Waals surface area contributed by atoms with Gasteiger partial charge in [-0.05, 0) is 24.5 Å². The van der Waals surface area contributed by atoms with Gasteiger partial charge in [0.05, 0.1) is 5.71 Å². The lowest BCUT2D eigenvalue weighted by molar-refractivity contribution is 0.455. The quantitative estimate of drug-likeness (QED) is 0.582. The van der Waals surface area contributed by atoms with E-state index in [-0.39, 0.29) is 5.92 Å². The lowest BCUT2D eigenvalue weighted by Crippen LogP contribution is -2.33. The third kappa shape index (κ3) is 2.37. The lowest BCUT2D eigenvalue weighted by atomic mass is 10.00. The maximum absolute atomic E-state index is 11.6. The van der Waals surface area contributed by atoms with E-state index in [1.54, 1.807) is 31.4 Å². The van der Waals surface area contributed by atoms with Gasteiger partial charge >= 0.3 is 0 Å². The van der Waals surface area contributed by atoms with E-state index in [2.05, 4.69) is 4.99 Å². The topological polar surface area (TPSA) is 66.7 Å². The second-order valence-electron chi connectivity index (χ2n) is 4.38. The second-order valence-corrected chi connectivity index (χ2v) is 6.09. The third-order valence-corrected chi connectivity index (χ3v) is 4.59. The number of hydrogen-bond donors (Lipinski definition) is 1. The van der Waals surface area contributed by atoms with Crippen LogP contribution in [0.5, 0.6) is 0 Å². The van der Waals surface area contributed by atoms with Crippen LogP contribution in [-0.4, -0.2) is 30.5 Å². The van der Waals surface area contributed by atoms with E-state index >= 15 is 0 Å². The minimum absolute atomic E-state index is 0.0151. The van der Waals surface area contributed by atoms with Crippen LogP contribution in [0.3, 0.4) is 0 Å². The first-order valence-corrected chi connectivity index (χ1v) is 7.08. The SMILES string of the molecule is CN=C1C=CC2(S(=O)(=O)O)C=CC(/C=C\C=C/1)C2. The molecule has 0 heterocycles. The lowest BCUT2D eigenvalue weighted by Gasteiger charge is -2.21. The summed E-state index contributed by atoms with van der Waals surface area (Å²) in [5.74, 6) is 0.0151. The normalized spacial score (nSPS) is 36.8. The van der Waals surface area contributed by atoms with E-state index < -0.39 is 14.9 Å². The van der Waals surface area contributed by atoms with Crippen LogP contribution in [0.15, 0.2) is 53.6 Å². The van der Waals surface area contributed by atoms with Crippen LogP contribution in [0.1, 0.15) is 6.42 Å². The number of aliphatic imine (C=N–C) groups is 1. The molecule has 5 heteroatoms. The maximum Gasteiger partial charge on any atom is 0.278 e. The molecule has 0 fully saturated rings. The molecule has 2 aliphatic rings. The summed E-state index contributed by atoms with van der Waals surface area (Å²) < 4.78 is 31.3. The number of nitrogens with zero attached hydrogens (tertiary/aromatic N) is 1. The van der Waals surface area contributed by atoms with Crippen molar-refractivity contribution >= 4 is 15.8 Å². The Morgan fingerprint density at radius 1 is 1.28 bits per heavy atom. The molecule has 4 nitrogen and oxygen atoms in total. The predicted molar refractivity (Wildman–Crippen MR) is 72.3 cm³/mol. The summed E-state index contributed by atoms with van der Waals surface area (Å²) >= 11 is 0. The first kappa shape index (κ1) is 13.0. The summed E-state index contributed by atoms with van der Waals surface area (Å²) in [7, 11) is -2.55. The first-order chi connectivity index (χ1) is 8.47. The molecule has 0 aromatic carbocycles. The van der Waals surface area contributed by atoms with Gasteiger partial charge in [0.2, 0.25) is 0 Å². The molecule has 2 bridgehead atoms. The van der Waals surface area contributed by atoms with Crippen molar-refractivity contribution in [3.8, 4) is 0 Å². The molecular weight excluding hydrogens is 250 g/mol. The van der Waals surface area contributed by atoms with Gasteiger partial charge in [-0.1, -0.05) is 36.5 Å². The highest BCUT2D eigenvalue weighted by Crippen LogP contribution is 2.36. The molecule has 0 saturated carbocycles. The molecular formula is C13H15NO3S. The molecule has 0 radical (unpaired) electrons. The van der Waals surface area contributed by atoms with Gasteiger partial charge in [0.25, 0.3) is 10.1 Å². The largest absolute Gasteiger partial charge is 0.289 e. The molecule has 2 rings (SSSR count). The van der Waals surface area contributed by atoms with E-state index in [1.807, 2.05) is 18.2 Å². The van der Waals surface area contributed by atoms with Crippen molar-refractivity contribution in [3.05, 3.63) is 48.6 Å². The van der Waals surface area contributed by atoms with E-state index in [1.165, 1.54) is 6.08 Å². The standard InChI is InChI=1S/C13H15NO3S/c1-14-12-5-3-2-4-11-6-8-13(10-11,9-7-12)18(15,16)17/h2-9,11H,10H2,1H3,(H,15,16,17)/b4-2-,5-3-,9-7?,14-12?. The first-order valence-electron chi connectivity index (χ1n) is 5.64. The van der Waals surface area contributed by atoms with Crippen molar-refractivity contribution < 1.29 is 13.0 Å². The van der Waals surface area contributed by atoms with Crippen LogP contribution in [0.4, 0.5) is 0 Å². The van der Waals surface area contributed by atoms with Crippen LogP contribution in [0, 0.1) is 5.92 Å². The van der Waals surface area contributed by atoms with Gasteiger partial charge in [0.1, 0.15) is 4.75 Å². The highest BCUT2D eigenvalue weighted by atomic mass is 32.2. The zero-order valence-corrected chi connectivity index (χ0v) is 10.8. The Bertz CT molecular complexity index is 581. The Labute approximate surface area is 107 Å². The molecule has 1 N–H and O–H groups in total. The molecule has 2 unspecified atom stereocenters. The predicted octanol–water partition coefficient (Wildman–Crippen LogP) is 1.94. The summed E-state index contributed by atoms with van der Waals surface area (Å²) in [6, 6.07) is 0. The molecule has 0 saturated heterocycles. The number of hydrogen-bond acceptors (Lipinski definition) is 3. The summed E-state index contributed by atoms with van der Waals surface area (Å²) in [6.45, 7) is 0. The second kappa shape index (κ2) is 4.66. The average molecular weight is 265 g/mol. The van der Waals surface area contributed by atoms with Gasteiger partial charge in [-0.25, -0.2) is 0 Å². The molecule has 0 aliphatic heterocycles. The van der Waals surface area contributed by atoms with Gasteiger partial charge in [-0.15, -0.1) is 0 Å². The molecule has 0 aromatic rings. The molecule has 0 aromatic heterocycles. The molecule has 2 atom stereocenters. The van der Waals surface area contributed by atoms with Gasteiger partial charge in [0.15, 0.2) is 0 Å². The Balaban J connectivity index is 2.52. The fraction of sp³-hybridized carbons (Fsp3) is 0.308. The van der Waals surface area contributed by atoms with Crippen molar-refractivity contribution in [2.75, 3.05) is 7.05 Å². The van der Waals surface area contributed by atoms with Crippen LogP contribution in [0.25, 0.3) is 0 Å². The highest BCUT2D eigenvalue weighted by molar-refractivity contribution is 7.87. The molecule has 18 heavy (non-hydrogen) atoms. The van der Waals surface area contributed by atoms with Crippen LogP contribution in [0.2, 0.25) is 0 Å². The zero-order valence-electron chi connectivity index (χ0n) is 10.0. The van der Waals surface area contributed by atoms with Crippen LogP contribution in [-0.2, 0) is 10.1 Å². The minimum Gasteiger partial charge on any atom is -0.289 e. The van der Waals surface area contributed by atoms with E-state index in [0.29, 0.717) is 12.1 Å². The summed E-state index contributed by atoms with van der Waals surface area (Å²) in [5, 5.41) is 0. The maximum atomic E-state index is 11.6. The minimum atomic E-state index is -4.18. The van der Waals surface area contributed by atoms with E-state index in [4.69, 9.17) is 0 Å². The van der Waals surface area contributed by atoms with Crippen molar-refractivity contribution in [2.24, 2.45) is 10.9 Å². The Morgan fingerprint density at radius 2 is 2.06 bits per heavy atom. The van der Waals surface area contributed by atoms with E-state index in [0.717, 1.165) is 0 Å². The number of allylic oxidation sites excluding steroid dienone is 6. The number of fused-ring (bicyclic) bond motifs is 2. The summed E-state index contributed by atoms with van der Waals surface area (Å²) in [4.78, 5) is 4.03. The van der Waals surface area contributed by atoms with E-state index in [9.17, 15) is 13.0 Å². The summed E-state index contributed by atoms with van der Waals surface area (Å²) in [6.07, 6.45) is 14.2. The van der Waals surface area contributed by atoms with Crippen molar-refractivity contribution in [1.29, 1.82) is 0 Å². The smallest absolute Gasteiger partial charge is 0.278 e. The molecule has 0 amide bonds. The van der Waals surface area contributed by atoms with Crippen LogP contribution >= 0.6 is 0 Å². The van der Waals surface area contributed by atoms with Crippen molar-refractivity contribution in [3.63, 3.8) is 0 Å². The zero-order chi connectivity index (χ0) is 13.2. The van der Waals surface area contributed by atoms with Gasteiger partial charge in [-0.3, -0.25) is 9.55 Å². The Hall–Kier alpha value is -1.46. The average Bonchev–Trinajstić information content (AvgIpc) is 2.72. The Morgan fingerprint density at radius 3 is 2.72 bits per heavy atom. The van der Waals surface area contributed by atoms with Gasteiger partial charge in [-0.2, -0.15) is 8.42 Å². The third-order valence-electron chi connectivity index (χ3n) is 3.19. The van der Waals surface area contributed by atoms with Gasteiger partial charge < -0.3 is 0 Å².